The van der Waals surface area contributed by atoms with E-state index in [0.29, 0.717) is 5.56 Å². The first-order valence-corrected chi connectivity index (χ1v) is 6.66. The molecule has 0 aliphatic rings. The van der Waals surface area contributed by atoms with E-state index >= 15 is 0 Å². The van der Waals surface area contributed by atoms with Crippen LogP contribution >= 0.6 is 12.6 Å². The van der Waals surface area contributed by atoms with Crippen LogP contribution in [-0.2, 0) is 14.3 Å². The van der Waals surface area contributed by atoms with Gasteiger partial charge in [-0.3, -0.25) is 4.79 Å². The second-order valence-electron chi connectivity index (χ2n) is 4.29. The average molecular weight is 298 g/mol. The molecule has 1 N–H and O–H groups in total. The van der Waals surface area contributed by atoms with Crippen LogP contribution in [0.1, 0.15) is 24.2 Å². The largest absolute Gasteiger partial charge is 0.466 e. The third kappa shape index (κ3) is 4.54. The second kappa shape index (κ2) is 7.31. The van der Waals surface area contributed by atoms with Gasteiger partial charge in [0.2, 0.25) is 0 Å². The van der Waals surface area contributed by atoms with Crippen LogP contribution in [0.3, 0.4) is 0 Å². The predicted molar refractivity (Wildman–Crippen MR) is 76.5 cm³/mol. The molecule has 1 aromatic rings. The minimum absolute atomic E-state index is 0.205. The third-order valence-corrected chi connectivity index (χ3v) is 3.28. The predicted octanol–water partition coefficient (Wildman–Crippen LogP) is 1.66. The van der Waals surface area contributed by atoms with Crippen LogP contribution in [0.4, 0.5) is 0 Å². The number of esters is 2. The van der Waals surface area contributed by atoms with Crippen molar-refractivity contribution in [1.82, 2.24) is 0 Å². The molecule has 6 heteroatoms. The highest BCUT2D eigenvalue weighted by Gasteiger charge is 2.37. The summed E-state index contributed by atoms with van der Waals surface area (Å²) < 4.78 is 9.76. The molecule has 1 rings (SSSR count). The van der Waals surface area contributed by atoms with Gasteiger partial charge in [0.1, 0.15) is 6.61 Å². The van der Waals surface area contributed by atoms with E-state index in [4.69, 9.17) is 9.47 Å². The minimum atomic E-state index is -1.78. The van der Waals surface area contributed by atoms with Gasteiger partial charge in [-0.2, -0.15) is 0 Å². The fraction of sp³-hybridized carbons (Fsp3) is 0.429. The van der Waals surface area contributed by atoms with Gasteiger partial charge in [-0.25, -0.2) is 4.79 Å². The van der Waals surface area contributed by atoms with E-state index in [1.807, 2.05) is 0 Å². The smallest absolute Gasteiger partial charge is 0.338 e. The van der Waals surface area contributed by atoms with Crippen LogP contribution in [0.2, 0.25) is 0 Å². The summed E-state index contributed by atoms with van der Waals surface area (Å²) in [5.41, 5.74) is 0.362. The van der Waals surface area contributed by atoms with Gasteiger partial charge in [-0.05, 0) is 26.0 Å². The summed E-state index contributed by atoms with van der Waals surface area (Å²) in [6.45, 7) is 2.92. The summed E-state index contributed by atoms with van der Waals surface area (Å²) >= 11 is 3.98. The molecule has 0 saturated heterocycles. The van der Waals surface area contributed by atoms with Gasteiger partial charge in [-0.1, -0.05) is 18.2 Å². The van der Waals surface area contributed by atoms with Gasteiger partial charge in [-0.15, -0.1) is 12.6 Å². The van der Waals surface area contributed by atoms with Gasteiger partial charge < -0.3 is 14.6 Å². The number of hydrogen-bond donors (Lipinski definition) is 2. The third-order valence-electron chi connectivity index (χ3n) is 2.76. The minimum Gasteiger partial charge on any atom is -0.466 e. The summed E-state index contributed by atoms with van der Waals surface area (Å²) in [5.74, 6) is -2.11. The highest BCUT2D eigenvalue weighted by atomic mass is 32.1. The van der Waals surface area contributed by atoms with Crippen molar-refractivity contribution in [3.8, 4) is 0 Å². The lowest BCUT2D eigenvalue weighted by molar-refractivity contribution is -0.153. The summed E-state index contributed by atoms with van der Waals surface area (Å²) in [6.07, 6.45) is 0. The van der Waals surface area contributed by atoms with Gasteiger partial charge in [0.15, 0.2) is 4.93 Å². The zero-order chi connectivity index (χ0) is 15.2. The molecular formula is C14H18O5S. The Labute approximate surface area is 123 Å². The Morgan fingerprint density at radius 1 is 1.30 bits per heavy atom. The zero-order valence-corrected chi connectivity index (χ0v) is 12.3. The number of thiol groups is 1. The second-order valence-corrected chi connectivity index (χ2v) is 5.07. The summed E-state index contributed by atoms with van der Waals surface area (Å²) in [6, 6.07) is 8.35. The summed E-state index contributed by atoms with van der Waals surface area (Å²) in [5, 5.41) is 10.1. The lowest BCUT2D eigenvalue weighted by Crippen LogP contribution is -2.41. The Kier molecular flexibility index (Phi) is 6.04. The van der Waals surface area contributed by atoms with Crippen molar-refractivity contribution in [2.75, 3.05) is 13.2 Å². The fourth-order valence-electron chi connectivity index (χ4n) is 1.41. The number of carbonyl (C=O) groups is 2. The lowest BCUT2D eigenvalue weighted by Gasteiger charge is -2.27. The van der Waals surface area contributed by atoms with Crippen molar-refractivity contribution in [2.24, 2.45) is 5.92 Å². The Bertz CT molecular complexity index is 458. The highest BCUT2D eigenvalue weighted by molar-refractivity contribution is 7.81. The quantitative estimate of drug-likeness (QED) is 0.475. The molecule has 0 saturated carbocycles. The molecule has 0 bridgehead atoms. The maximum atomic E-state index is 11.7. The highest BCUT2D eigenvalue weighted by Crippen LogP contribution is 2.24. The van der Waals surface area contributed by atoms with E-state index in [1.165, 1.54) is 6.92 Å². The number of hydrogen-bond acceptors (Lipinski definition) is 6. The molecule has 0 amide bonds. The molecule has 0 aliphatic carbocycles. The van der Waals surface area contributed by atoms with Crippen LogP contribution in [0, 0.1) is 5.92 Å². The van der Waals surface area contributed by atoms with Crippen molar-refractivity contribution in [3.05, 3.63) is 35.9 Å². The van der Waals surface area contributed by atoms with Gasteiger partial charge in [0.25, 0.3) is 0 Å². The van der Waals surface area contributed by atoms with E-state index in [2.05, 4.69) is 12.6 Å². The standard InChI is InChI=1S/C14H18O5S/c1-3-18-12(15)10(2)14(17,20)9-19-13(16)11-7-5-4-6-8-11/h4-8,10,17,20H,3,9H2,1-2H3/t10-,14+/m1/s1. The molecule has 110 valence electrons. The molecular weight excluding hydrogens is 280 g/mol. The first-order valence-electron chi connectivity index (χ1n) is 6.22. The molecule has 0 aliphatic heterocycles. The topological polar surface area (TPSA) is 72.8 Å². The molecule has 1 aromatic carbocycles. The zero-order valence-electron chi connectivity index (χ0n) is 11.4. The number of benzene rings is 1. The molecule has 0 heterocycles. The van der Waals surface area contributed by atoms with Gasteiger partial charge in [0.05, 0.1) is 18.1 Å². The van der Waals surface area contributed by atoms with Crippen molar-refractivity contribution >= 4 is 24.6 Å². The first kappa shape index (κ1) is 16.5. The van der Waals surface area contributed by atoms with E-state index in [9.17, 15) is 14.7 Å². The molecule has 0 fully saturated rings. The maximum absolute atomic E-state index is 11.7. The van der Waals surface area contributed by atoms with Crippen LogP contribution in [0.5, 0.6) is 0 Å². The van der Waals surface area contributed by atoms with Gasteiger partial charge >= 0.3 is 11.9 Å². The average Bonchev–Trinajstić information content (AvgIpc) is 2.45. The Morgan fingerprint density at radius 2 is 1.90 bits per heavy atom. The van der Waals surface area contributed by atoms with Crippen LogP contribution in [0.25, 0.3) is 0 Å². The number of ether oxygens (including phenoxy) is 2. The monoisotopic (exact) mass is 298 g/mol. The van der Waals surface area contributed by atoms with Crippen molar-refractivity contribution in [1.29, 1.82) is 0 Å². The van der Waals surface area contributed by atoms with E-state index in [1.54, 1.807) is 37.3 Å². The van der Waals surface area contributed by atoms with Crippen molar-refractivity contribution < 1.29 is 24.2 Å². The van der Waals surface area contributed by atoms with Crippen molar-refractivity contribution in [3.63, 3.8) is 0 Å². The number of carbonyl (C=O) groups excluding carboxylic acids is 2. The van der Waals surface area contributed by atoms with Crippen LogP contribution in [-0.4, -0.2) is 35.2 Å². The molecule has 0 spiro atoms. The van der Waals surface area contributed by atoms with E-state index in [0.717, 1.165) is 0 Å². The Hall–Kier alpha value is -1.53. The maximum Gasteiger partial charge on any atom is 0.338 e. The Morgan fingerprint density at radius 3 is 2.45 bits per heavy atom. The fourth-order valence-corrected chi connectivity index (χ4v) is 1.58. The van der Waals surface area contributed by atoms with Crippen molar-refractivity contribution in [2.45, 2.75) is 18.8 Å². The number of aliphatic hydroxyl groups is 1. The molecule has 0 aromatic heterocycles. The SMILES string of the molecule is CCOC(=O)[C@@H](C)[C@@](O)(S)COC(=O)c1ccccc1. The first-order chi connectivity index (χ1) is 9.38. The molecule has 5 nitrogen and oxygen atoms in total. The van der Waals surface area contributed by atoms with E-state index < -0.39 is 29.4 Å². The summed E-state index contributed by atoms with van der Waals surface area (Å²) in [7, 11) is 0. The molecule has 2 atom stereocenters. The Balaban J connectivity index is 2.59. The van der Waals surface area contributed by atoms with E-state index in [-0.39, 0.29) is 6.61 Å². The lowest BCUT2D eigenvalue weighted by atomic mass is 10.1. The summed E-state index contributed by atoms with van der Waals surface area (Å²) in [4.78, 5) is 21.5. The normalized spacial score (nSPS) is 15.0. The molecule has 20 heavy (non-hydrogen) atoms. The van der Waals surface area contributed by atoms with Crippen LogP contribution < -0.4 is 0 Å². The number of rotatable bonds is 6. The van der Waals surface area contributed by atoms with Crippen LogP contribution in [0.15, 0.2) is 30.3 Å². The molecule has 0 unspecified atom stereocenters. The van der Waals surface area contributed by atoms with Gasteiger partial charge in [0, 0.05) is 0 Å². The molecule has 0 radical (unpaired) electrons.